The molecule has 31 heavy (non-hydrogen) atoms. The first-order valence-electron chi connectivity index (χ1n) is 10.2. The van der Waals surface area contributed by atoms with Gasteiger partial charge in [-0.15, -0.1) is 0 Å². The molecule has 1 saturated carbocycles. The second-order valence-electron chi connectivity index (χ2n) is 8.08. The van der Waals surface area contributed by atoms with Crippen LogP contribution in [0.2, 0.25) is 0 Å². The smallest absolute Gasteiger partial charge is 0.255 e. The number of carbonyl (C=O) groups excluding carboxylic acids is 3. The Morgan fingerprint density at radius 1 is 0.935 bits per heavy atom. The summed E-state index contributed by atoms with van der Waals surface area (Å²) < 4.78 is 10.5. The third-order valence-corrected chi connectivity index (χ3v) is 6.51. The van der Waals surface area contributed by atoms with Gasteiger partial charge in [-0.05, 0) is 54.7 Å². The third kappa shape index (κ3) is 3.00. The summed E-state index contributed by atoms with van der Waals surface area (Å²) in [6.45, 7) is 0. The van der Waals surface area contributed by atoms with Gasteiger partial charge in [-0.25, -0.2) is 0 Å². The maximum Gasteiger partial charge on any atom is 0.255 e. The number of benzene rings is 2. The minimum absolute atomic E-state index is 0.132. The quantitative estimate of drug-likeness (QED) is 0.595. The summed E-state index contributed by atoms with van der Waals surface area (Å²) in [5.74, 6) is 0.357. The largest absolute Gasteiger partial charge is 0.497 e. The van der Waals surface area contributed by atoms with E-state index in [2.05, 4.69) is 17.5 Å². The van der Waals surface area contributed by atoms with E-state index >= 15 is 0 Å². The molecule has 1 aliphatic heterocycles. The lowest BCUT2D eigenvalue weighted by Gasteiger charge is -2.17. The summed E-state index contributed by atoms with van der Waals surface area (Å²) in [7, 11) is 3.07. The number of nitrogens with zero attached hydrogens (tertiary/aromatic N) is 1. The van der Waals surface area contributed by atoms with Crippen molar-refractivity contribution < 1.29 is 23.9 Å². The Kier molecular flexibility index (Phi) is 4.54. The molecular formula is C24H22N2O5. The number of allylic oxidation sites excluding steroid dienone is 2. The first-order valence-corrected chi connectivity index (χ1v) is 10.2. The van der Waals surface area contributed by atoms with Crippen LogP contribution >= 0.6 is 0 Å². The number of carbonyl (C=O) groups is 3. The fourth-order valence-electron chi connectivity index (χ4n) is 5.01. The van der Waals surface area contributed by atoms with Gasteiger partial charge >= 0.3 is 0 Å². The lowest BCUT2D eigenvalue weighted by molar-refractivity contribution is -0.123. The van der Waals surface area contributed by atoms with Crippen LogP contribution in [0, 0.1) is 23.7 Å². The van der Waals surface area contributed by atoms with Crippen molar-refractivity contribution in [3.05, 3.63) is 60.2 Å². The normalized spacial score (nSPS) is 25.7. The standard InChI is InChI=1S/C24H22N2O5/c1-30-17-9-10-18(19(12-17)31-2)25-22(27)13-5-7-16(8-6-13)26-23(28)20-14-3-4-15(11-14)21(20)24(26)29/h3-10,12,14-15,20-21H,11H2,1-2H3,(H,25,27)/t14-,15-,20-,21+/m0/s1. The van der Waals surface area contributed by atoms with Gasteiger partial charge in [0.1, 0.15) is 11.5 Å². The topological polar surface area (TPSA) is 84.9 Å². The fraction of sp³-hybridized carbons (Fsp3) is 0.292. The third-order valence-electron chi connectivity index (χ3n) is 6.51. The van der Waals surface area contributed by atoms with Gasteiger partial charge < -0.3 is 14.8 Å². The van der Waals surface area contributed by atoms with E-state index in [0.717, 1.165) is 6.42 Å². The van der Waals surface area contributed by atoms with Gasteiger partial charge in [0.2, 0.25) is 11.8 Å². The van der Waals surface area contributed by atoms with Crippen molar-refractivity contribution in [3.8, 4) is 11.5 Å². The molecule has 0 unspecified atom stereocenters. The number of ether oxygens (including phenoxy) is 2. The minimum atomic E-state index is -0.326. The summed E-state index contributed by atoms with van der Waals surface area (Å²) in [6.07, 6.45) is 5.04. The van der Waals surface area contributed by atoms with E-state index < -0.39 is 0 Å². The lowest BCUT2D eigenvalue weighted by atomic mass is 9.85. The molecule has 4 atom stereocenters. The number of hydrogen-bond donors (Lipinski definition) is 1. The summed E-state index contributed by atoms with van der Waals surface area (Å²) in [4.78, 5) is 39.9. The van der Waals surface area contributed by atoms with Gasteiger partial charge in [0, 0.05) is 11.6 Å². The van der Waals surface area contributed by atoms with Gasteiger partial charge in [0.05, 0.1) is 37.4 Å². The summed E-state index contributed by atoms with van der Waals surface area (Å²) in [5.41, 5.74) is 1.42. The number of methoxy groups -OCH3 is 2. The van der Waals surface area contributed by atoms with E-state index in [1.165, 1.54) is 12.0 Å². The molecule has 2 fully saturated rings. The van der Waals surface area contributed by atoms with Crippen LogP contribution < -0.4 is 19.7 Å². The number of hydrogen-bond acceptors (Lipinski definition) is 5. The maximum absolute atomic E-state index is 12.9. The summed E-state index contributed by atoms with van der Waals surface area (Å²) in [5, 5.41) is 2.81. The van der Waals surface area contributed by atoms with Crippen LogP contribution in [0.5, 0.6) is 11.5 Å². The van der Waals surface area contributed by atoms with Crippen molar-refractivity contribution >= 4 is 29.1 Å². The zero-order valence-electron chi connectivity index (χ0n) is 17.2. The number of amides is 3. The molecular weight excluding hydrogens is 396 g/mol. The van der Waals surface area contributed by atoms with Crippen molar-refractivity contribution in [2.45, 2.75) is 6.42 Å². The second kappa shape index (κ2) is 7.27. The molecule has 0 aromatic heterocycles. The highest BCUT2D eigenvalue weighted by molar-refractivity contribution is 6.23. The first kappa shape index (κ1) is 19.4. The average Bonchev–Trinajstić information content (AvgIpc) is 3.48. The van der Waals surface area contributed by atoms with E-state index in [9.17, 15) is 14.4 Å². The molecule has 158 valence electrons. The molecule has 1 heterocycles. The summed E-state index contributed by atoms with van der Waals surface area (Å²) >= 11 is 0. The highest BCUT2D eigenvalue weighted by Gasteiger charge is 2.59. The number of nitrogens with one attached hydrogen (secondary N) is 1. The molecule has 5 rings (SSSR count). The monoisotopic (exact) mass is 418 g/mol. The minimum Gasteiger partial charge on any atom is -0.497 e. The van der Waals surface area contributed by atoms with Crippen LogP contribution in [0.3, 0.4) is 0 Å². The zero-order valence-corrected chi connectivity index (χ0v) is 17.2. The van der Waals surface area contributed by atoms with Crippen LogP contribution in [0.15, 0.2) is 54.6 Å². The lowest BCUT2D eigenvalue weighted by Crippen LogP contribution is -2.32. The van der Waals surface area contributed by atoms with Crippen LogP contribution in [0.25, 0.3) is 0 Å². The van der Waals surface area contributed by atoms with Crippen molar-refractivity contribution in [1.29, 1.82) is 0 Å². The predicted molar refractivity (Wildman–Crippen MR) is 114 cm³/mol. The number of imide groups is 1. The van der Waals surface area contributed by atoms with Gasteiger partial charge in [-0.2, -0.15) is 0 Å². The van der Waals surface area contributed by atoms with Gasteiger partial charge in [-0.1, -0.05) is 12.2 Å². The number of anilines is 2. The Morgan fingerprint density at radius 2 is 1.58 bits per heavy atom. The Hall–Kier alpha value is -3.61. The zero-order chi connectivity index (χ0) is 21.7. The Morgan fingerprint density at radius 3 is 2.16 bits per heavy atom. The van der Waals surface area contributed by atoms with Crippen LogP contribution in [0.1, 0.15) is 16.8 Å². The molecule has 7 heteroatoms. The molecule has 0 radical (unpaired) electrons. The maximum atomic E-state index is 12.9. The summed E-state index contributed by atoms with van der Waals surface area (Å²) in [6, 6.07) is 11.6. The first-order chi connectivity index (χ1) is 15.0. The molecule has 3 amide bonds. The highest BCUT2D eigenvalue weighted by Crippen LogP contribution is 2.53. The fourth-order valence-corrected chi connectivity index (χ4v) is 5.01. The van der Waals surface area contributed by atoms with Crippen molar-refractivity contribution in [1.82, 2.24) is 0 Å². The van der Waals surface area contributed by atoms with Crippen molar-refractivity contribution in [3.63, 3.8) is 0 Å². The van der Waals surface area contributed by atoms with Crippen LogP contribution in [-0.2, 0) is 9.59 Å². The average molecular weight is 418 g/mol. The molecule has 2 aliphatic carbocycles. The second-order valence-corrected chi connectivity index (χ2v) is 8.08. The molecule has 2 aromatic rings. The van der Waals surface area contributed by atoms with Crippen molar-refractivity contribution in [2.24, 2.45) is 23.7 Å². The van der Waals surface area contributed by atoms with Gasteiger partial charge in [-0.3, -0.25) is 19.3 Å². The van der Waals surface area contributed by atoms with E-state index in [4.69, 9.17) is 9.47 Å². The van der Waals surface area contributed by atoms with Crippen molar-refractivity contribution in [2.75, 3.05) is 24.4 Å². The Bertz CT molecular complexity index is 1080. The SMILES string of the molecule is COc1ccc(NC(=O)c2ccc(N3C(=O)[C@@H]4[C@H](C3=O)[C@H]3C=C[C@H]4C3)cc2)c(OC)c1. The number of fused-ring (bicyclic) bond motifs is 5. The molecule has 3 aliphatic rings. The Balaban J connectivity index is 1.33. The molecule has 1 N–H and O–H groups in total. The Labute approximate surface area is 179 Å². The predicted octanol–water partition coefficient (Wildman–Crippen LogP) is 3.27. The van der Waals surface area contributed by atoms with Crippen LogP contribution in [-0.4, -0.2) is 31.9 Å². The number of rotatable bonds is 5. The van der Waals surface area contributed by atoms with Gasteiger partial charge in [0.25, 0.3) is 5.91 Å². The molecule has 2 bridgehead atoms. The molecule has 7 nitrogen and oxygen atoms in total. The molecule has 2 aromatic carbocycles. The van der Waals surface area contributed by atoms with Crippen LogP contribution in [0.4, 0.5) is 11.4 Å². The molecule has 0 spiro atoms. The van der Waals surface area contributed by atoms with E-state index in [-0.39, 0.29) is 41.4 Å². The van der Waals surface area contributed by atoms with E-state index in [0.29, 0.717) is 28.4 Å². The highest BCUT2D eigenvalue weighted by atomic mass is 16.5. The van der Waals surface area contributed by atoms with E-state index in [1.54, 1.807) is 49.6 Å². The molecule has 1 saturated heterocycles. The van der Waals surface area contributed by atoms with Gasteiger partial charge in [0.15, 0.2) is 0 Å². The van der Waals surface area contributed by atoms with E-state index in [1.807, 2.05) is 0 Å².